The number of hydrogen-bond acceptors (Lipinski definition) is 6. The van der Waals surface area contributed by atoms with Crippen LogP contribution in [-0.4, -0.2) is 42.4 Å². The van der Waals surface area contributed by atoms with Crippen molar-refractivity contribution >= 4 is 5.82 Å². The molecular weight excluding hydrogens is 352 g/mol. The molecule has 0 spiro atoms. The van der Waals surface area contributed by atoms with Crippen LogP contribution in [0, 0.1) is 0 Å². The van der Waals surface area contributed by atoms with Gasteiger partial charge in [0.15, 0.2) is 5.82 Å². The molecule has 1 atom stereocenters. The number of piperazine rings is 1. The van der Waals surface area contributed by atoms with E-state index in [4.69, 9.17) is 9.47 Å². The second kappa shape index (κ2) is 8.71. The van der Waals surface area contributed by atoms with E-state index in [1.807, 2.05) is 49.4 Å². The van der Waals surface area contributed by atoms with E-state index in [1.165, 1.54) is 0 Å². The summed E-state index contributed by atoms with van der Waals surface area (Å²) in [6, 6.07) is 18.1. The van der Waals surface area contributed by atoms with E-state index < -0.39 is 6.29 Å². The molecule has 0 amide bonds. The largest absolute Gasteiger partial charge is 0.454 e. The van der Waals surface area contributed by atoms with Crippen molar-refractivity contribution in [2.45, 2.75) is 13.2 Å². The summed E-state index contributed by atoms with van der Waals surface area (Å²) < 4.78 is 12.2. The third-order valence-corrected chi connectivity index (χ3v) is 4.61. The number of ether oxygens (including phenoxy) is 2. The molecule has 6 heteroatoms. The van der Waals surface area contributed by atoms with Gasteiger partial charge in [0.1, 0.15) is 5.75 Å². The summed E-state index contributed by atoms with van der Waals surface area (Å²) >= 11 is 0. The molecule has 1 unspecified atom stereocenters. The van der Waals surface area contributed by atoms with E-state index in [0.717, 1.165) is 48.9 Å². The molecule has 3 aromatic rings. The van der Waals surface area contributed by atoms with Crippen LogP contribution >= 0.6 is 0 Å². The highest BCUT2D eigenvalue weighted by Gasteiger charge is 2.20. The molecule has 2 heterocycles. The zero-order valence-electron chi connectivity index (χ0n) is 15.9. The second-order valence-corrected chi connectivity index (χ2v) is 6.59. The van der Waals surface area contributed by atoms with E-state index in [0.29, 0.717) is 5.88 Å². The monoisotopic (exact) mass is 376 g/mol. The minimum atomic E-state index is -0.511. The highest BCUT2D eigenvalue weighted by atomic mass is 16.7. The average Bonchev–Trinajstić information content (AvgIpc) is 2.76. The minimum absolute atomic E-state index is 0.495. The maximum atomic E-state index is 6.13. The fourth-order valence-corrected chi connectivity index (χ4v) is 3.28. The zero-order chi connectivity index (χ0) is 19.2. The topological polar surface area (TPSA) is 59.5 Å². The molecule has 6 nitrogen and oxygen atoms in total. The van der Waals surface area contributed by atoms with Gasteiger partial charge in [-0.15, -0.1) is 0 Å². The Labute approximate surface area is 165 Å². The number of nitrogens with one attached hydrogen (secondary N) is 1. The van der Waals surface area contributed by atoms with E-state index in [2.05, 4.69) is 32.3 Å². The van der Waals surface area contributed by atoms with Crippen molar-refractivity contribution in [2.24, 2.45) is 0 Å². The first-order valence-corrected chi connectivity index (χ1v) is 9.56. The molecule has 144 valence electrons. The highest BCUT2D eigenvalue weighted by molar-refractivity contribution is 5.70. The molecule has 28 heavy (non-hydrogen) atoms. The van der Waals surface area contributed by atoms with Crippen LogP contribution in [0.3, 0.4) is 0 Å². The fourth-order valence-electron chi connectivity index (χ4n) is 3.28. The van der Waals surface area contributed by atoms with Gasteiger partial charge in [0.05, 0.1) is 0 Å². The van der Waals surface area contributed by atoms with Crippen molar-refractivity contribution < 1.29 is 9.47 Å². The summed E-state index contributed by atoms with van der Waals surface area (Å²) in [7, 11) is 0. The number of benzene rings is 2. The SMILES string of the molecule is CC(Oc1ccccc1-c1ccccc1)Oc1nccnc1N1CCNCC1. The Bertz CT molecular complexity index is 898. The summed E-state index contributed by atoms with van der Waals surface area (Å²) in [6.45, 7) is 5.47. The number of nitrogens with zero attached hydrogens (tertiary/aromatic N) is 3. The van der Waals surface area contributed by atoms with Gasteiger partial charge in [0.2, 0.25) is 6.29 Å². The predicted octanol–water partition coefficient (Wildman–Crippen LogP) is 3.36. The lowest BCUT2D eigenvalue weighted by atomic mass is 10.1. The van der Waals surface area contributed by atoms with Crippen molar-refractivity contribution in [1.29, 1.82) is 0 Å². The van der Waals surface area contributed by atoms with Gasteiger partial charge in [-0.1, -0.05) is 48.5 Å². The third kappa shape index (κ3) is 4.23. The molecule has 1 aromatic heterocycles. The first-order chi connectivity index (χ1) is 13.8. The molecule has 1 saturated heterocycles. The number of anilines is 1. The van der Waals surface area contributed by atoms with Crippen LogP contribution in [0.5, 0.6) is 11.6 Å². The van der Waals surface area contributed by atoms with Gasteiger partial charge in [-0.2, -0.15) is 0 Å². The Kier molecular flexibility index (Phi) is 5.68. The van der Waals surface area contributed by atoms with Crippen LogP contribution in [0.2, 0.25) is 0 Å². The Hall–Kier alpha value is -3.12. The second-order valence-electron chi connectivity index (χ2n) is 6.59. The lowest BCUT2D eigenvalue weighted by Gasteiger charge is -2.29. The minimum Gasteiger partial charge on any atom is -0.454 e. The van der Waals surface area contributed by atoms with Crippen LogP contribution < -0.4 is 19.7 Å². The highest BCUT2D eigenvalue weighted by Crippen LogP contribution is 2.31. The molecule has 1 aliphatic rings. The predicted molar refractivity (Wildman–Crippen MR) is 110 cm³/mol. The van der Waals surface area contributed by atoms with E-state index in [9.17, 15) is 0 Å². The molecule has 0 radical (unpaired) electrons. The summed E-state index contributed by atoms with van der Waals surface area (Å²) in [5, 5.41) is 3.34. The molecule has 4 rings (SSSR count). The quantitative estimate of drug-likeness (QED) is 0.666. The number of para-hydroxylation sites is 1. The molecule has 0 aliphatic carbocycles. The smallest absolute Gasteiger partial charge is 0.260 e. The first kappa shape index (κ1) is 18.3. The van der Waals surface area contributed by atoms with Crippen LogP contribution in [-0.2, 0) is 0 Å². The molecule has 0 saturated carbocycles. The zero-order valence-corrected chi connectivity index (χ0v) is 15.9. The van der Waals surface area contributed by atoms with Crippen molar-refractivity contribution in [3.63, 3.8) is 0 Å². The first-order valence-electron chi connectivity index (χ1n) is 9.56. The standard InChI is InChI=1S/C22H24N4O2/c1-17(27-20-10-6-5-9-19(20)18-7-3-2-4-8-18)28-22-21(24-11-12-25-22)26-15-13-23-14-16-26/h2-12,17,23H,13-16H2,1H3. The summed E-state index contributed by atoms with van der Waals surface area (Å²) in [5.41, 5.74) is 2.13. The van der Waals surface area contributed by atoms with Crippen molar-refractivity contribution in [3.05, 3.63) is 67.0 Å². The molecule has 1 fully saturated rings. The van der Waals surface area contributed by atoms with Crippen molar-refractivity contribution in [3.8, 4) is 22.8 Å². The molecule has 0 bridgehead atoms. The number of rotatable bonds is 6. The van der Waals surface area contributed by atoms with Crippen LogP contribution in [0.25, 0.3) is 11.1 Å². The van der Waals surface area contributed by atoms with E-state index in [-0.39, 0.29) is 0 Å². The van der Waals surface area contributed by atoms with E-state index in [1.54, 1.807) is 12.4 Å². The Morgan fingerprint density at radius 2 is 1.61 bits per heavy atom. The van der Waals surface area contributed by atoms with Gasteiger partial charge < -0.3 is 19.7 Å². The Balaban J connectivity index is 1.51. The Morgan fingerprint density at radius 1 is 0.893 bits per heavy atom. The third-order valence-electron chi connectivity index (χ3n) is 4.61. The molecule has 1 N–H and O–H groups in total. The lowest BCUT2D eigenvalue weighted by molar-refractivity contribution is 0.0192. The van der Waals surface area contributed by atoms with Crippen molar-refractivity contribution in [1.82, 2.24) is 15.3 Å². The van der Waals surface area contributed by atoms with E-state index >= 15 is 0 Å². The van der Waals surface area contributed by atoms with Crippen LogP contribution in [0.15, 0.2) is 67.0 Å². The van der Waals surface area contributed by atoms with Crippen LogP contribution in [0.4, 0.5) is 5.82 Å². The fraction of sp³-hybridized carbons (Fsp3) is 0.273. The van der Waals surface area contributed by atoms with Gasteiger partial charge in [0, 0.05) is 51.1 Å². The molecule has 2 aromatic carbocycles. The van der Waals surface area contributed by atoms with Gasteiger partial charge in [-0.05, 0) is 11.6 Å². The van der Waals surface area contributed by atoms with Gasteiger partial charge in [-0.25, -0.2) is 9.97 Å². The normalized spacial score (nSPS) is 15.1. The van der Waals surface area contributed by atoms with Gasteiger partial charge >= 0.3 is 0 Å². The summed E-state index contributed by atoms with van der Waals surface area (Å²) in [6.07, 6.45) is 2.83. The van der Waals surface area contributed by atoms with Crippen molar-refractivity contribution in [2.75, 3.05) is 31.1 Å². The average molecular weight is 376 g/mol. The maximum absolute atomic E-state index is 6.13. The Morgan fingerprint density at radius 3 is 2.43 bits per heavy atom. The van der Waals surface area contributed by atoms with Gasteiger partial charge in [0.25, 0.3) is 5.88 Å². The number of aromatic nitrogens is 2. The molecular formula is C22H24N4O2. The number of hydrogen-bond donors (Lipinski definition) is 1. The molecule has 1 aliphatic heterocycles. The van der Waals surface area contributed by atoms with Crippen LogP contribution in [0.1, 0.15) is 6.92 Å². The lowest BCUT2D eigenvalue weighted by Crippen LogP contribution is -2.44. The summed E-state index contributed by atoms with van der Waals surface area (Å²) in [4.78, 5) is 11.1. The van der Waals surface area contributed by atoms with Gasteiger partial charge in [-0.3, -0.25) is 0 Å². The summed E-state index contributed by atoms with van der Waals surface area (Å²) in [5.74, 6) is 2.03. The maximum Gasteiger partial charge on any atom is 0.260 e.